The Morgan fingerprint density at radius 3 is 2.63 bits per heavy atom. The summed E-state index contributed by atoms with van der Waals surface area (Å²) in [7, 11) is 0. The minimum Gasteiger partial charge on any atom is -0.360 e. The van der Waals surface area contributed by atoms with E-state index in [-0.39, 0.29) is 11.9 Å². The number of amides is 1. The molecule has 1 N–H and O–H groups in total. The molecule has 1 fully saturated rings. The number of rotatable bonds is 4. The largest absolute Gasteiger partial charge is 0.360 e. The van der Waals surface area contributed by atoms with Crippen molar-refractivity contribution in [2.24, 2.45) is 0 Å². The first-order valence-electron chi connectivity index (χ1n) is 7.19. The minimum atomic E-state index is -0.0601. The molecule has 19 heavy (non-hydrogen) atoms. The fourth-order valence-electron chi connectivity index (χ4n) is 2.65. The molecule has 0 aromatic carbocycles. The van der Waals surface area contributed by atoms with Gasteiger partial charge in [-0.2, -0.15) is 0 Å². The molecule has 5 nitrogen and oxygen atoms in total. The molecule has 0 aliphatic carbocycles. The second-order valence-electron chi connectivity index (χ2n) is 5.19. The van der Waals surface area contributed by atoms with E-state index >= 15 is 0 Å². The Labute approximate surface area is 114 Å². The second-order valence-corrected chi connectivity index (χ2v) is 5.19. The van der Waals surface area contributed by atoms with Gasteiger partial charge in [-0.05, 0) is 39.3 Å². The number of aryl methyl sites for hydroxylation is 1. The third-order valence-electron chi connectivity index (χ3n) is 3.65. The van der Waals surface area contributed by atoms with Gasteiger partial charge in [-0.1, -0.05) is 24.9 Å². The fraction of sp³-hybridized carbons (Fsp3) is 0.714. The minimum absolute atomic E-state index is 0.0256. The van der Waals surface area contributed by atoms with Crippen LogP contribution >= 0.6 is 0 Å². The Morgan fingerprint density at radius 1 is 1.42 bits per heavy atom. The Hall–Kier alpha value is -1.36. The zero-order chi connectivity index (χ0) is 13.7. The highest BCUT2D eigenvalue weighted by Gasteiger charge is 2.25. The number of nitrogens with one attached hydrogen (secondary N) is 1. The third kappa shape index (κ3) is 3.80. The highest BCUT2D eigenvalue weighted by molar-refractivity contribution is 5.93. The maximum atomic E-state index is 12.3. The summed E-state index contributed by atoms with van der Waals surface area (Å²) >= 11 is 0. The van der Waals surface area contributed by atoms with Gasteiger partial charge in [-0.25, -0.2) is 0 Å². The molecular formula is C14H23N3O2. The van der Waals surface area contributed by atoms with Crippen LogP contribution in [0.3, 0.4) is 0 Å². The van der Waals surface area contributed by atoms with E-state index in [1.165, 1.54) is 25.7 Å². The van der Waals surface area contributed by atoms with Crippen molar-refractivity contribution in [1.29, 1.82) is 0 Å². The molecule has 0 saturated carbocycles. The van der Waals surface area contributed by atoms with Crippen molar-refractivity contribution in [1.82, 2.24) is 10.1 Å². The van der Waals surface area contributed by atoms with Gasteiger partial charge in [0, 0.05) is 6.07 Å². The van der Waals surface area contributed by atoms with Crippen LogP contribution in [0.2, 0.25) is 0 Å². The molecule has 106 valence electrons. The van der Waals surface area contributed by atoms with E-state index in [1.54, 1.807) is 6.07 Å². The predicted molar refractivity (Wildman–Crippen MR) is 74.0 cm³/mol. The SMILES string of the molecule is CC[C@@H](C(=O)Nc1cc(C)on1)N1CCCCCC1. The highest BCUT2D eigenvalue weighted by Crippen LogP contribution is 2.16. The van der Waals surface area contributed by atoms with Crippen molar-refractivity contribution in [3.63, 3.8) is 0 Å². The number of carbonyl (C=O) groups excluding carboxylic acids is 1. The quantitative estimate of drug-likeness (QED) is 0.909. The standard InChI is InChI=1S/C14H23N3O2/c1-3-12(17-8-6-4-5-7-9-17)14(18)15-13-10-11(2)19-16-13/h10,12H,3-9H2,1-2H3,(H,15,16,18)/t12-/m0/s1. The zero-order valence-corrected chi connectivity index (χ0v) is 11.8. The number of hydrogen-bond donors (Lipinski definition) is 1. The molecule has 1 aliphatic heterocycles. The summed E-state index contributed by atoms with van der Waals surface area (Å²) in [6, 6.07) is 1.68. The van der Waals surface area contributed by atoms with Gasteiger partial charge in [0.15, 0.2) is 5.82 Å². The first-order chi connectivity index (χ1) is 9.20. The molecule has 1 aromatic heterocycles. The van der Waals surface area contributed by atoms with Gasteiger partial charge in [0.05, 0.1) is 6.04 Å². The topological polar surface area (TPSA) is 58.4 Å². The molecule has 0 spiro atoms. The monoisotopic (exact) mass is 265 g/mol. The number of anilines is 1. The average Bonchev–Trinajstić information content (AvgIpc) is 2.65. The molecule has 0 radical (unpaired) electrons. The van der Waals surface area contributed by atoms with Crippen molar-refractivity contribution in [3.05, 3.63) is 11.8 Å². The van der Waals surface area contributed by atoms with E-state index in [9.17, 15) is 4.79 Å². The summed E-state index contributed by atoms with van der Waals surface area (Å²) in [5.41, 5.74) is 0. The molecule has 5 heteroatoms. The maximum Gasteiger partial charge on any atom is 0.242 e. The molecule has 1 saturated heterocycles. The van der Waals surface area contributed by atoms with Crippen molar-refractivity contribution in [2.75, 3.05) is 18.4 Å². The number of hydrogen-bond acceptors (Lipinski definition) is 4. The van der Waals surface area contributed by atoms with Gasteiger partial charge in [0.2, 0.25) is 5.91 Å². The zero-order valence-electron chi connectivity index (χ0n) is 11.8. The Morgan fingerprint density at radius 2 is 2.11 bits per heavy atom. The Balaban J connectivity index is 1.97. The van der Waals surface area contributed by atoms with Crippen molar-refractivity contribution >= 4 is 11.7 Å². The molecule has 1 amide bonds. The first-order valence-corrected chi connectivity index (χ1v) is 7.19. The van der Waals surface area contributed by atoms with Crippen LogP contribution in [0.4, 0.5) is 5.82 Å². The van der Waals surface area contributed by atoms with E-state index in [1.807, 2.05) is 6.92 Å². The van der Waals surface area contributed by atoms with Crippen LogP contribution in [-0.2, 0) is 4.79 Å². The summed E-state index contributed by atoms with van der Waals surface area (Å²) in [5, 5.41) is 6.66. The lowest BCUT2D eigenvalue weighted by Gasteiger charge is -2.28. The number of likely N-dealkylation sites (tertiary alicyclic amines) is 1. The van der Waals surface area contributed by atoms with Crippen LogP contribution in [-0.4, -0.2) is 35.1 Å². The van der Waals surface area contributed by atoms with Gasteiger partial charge in [0.25, 0.3) is 0 Å². The Bertz CT molecular complexity index is 409. The van der Waals surface area contributed by atoms with Crippen molar-refractivity contribution in [3.8, 4) is 0 Å². The highest BCUT2D eigenvalue weighted by atomic mass is 16.5. The van der Waals surface area contributed by atoms with Crippen LogP contribution < -0.4 is 5.32 Å². The summed E-state index contributed by atoms with van der Waals surface area (Å²) in [6.45, 7) is 5.91. The molecule has 1 aliphatic rings. The Kier molecular flexibility index (Phi) is 4.96. The summed E-state index contributed by atoms with van der Waals surface area (Å²) < 4.78 is 4.97. The molecule has 2 rings (SSSR count). The van der Waals surface area contributed by atoms with Crippen molar-refractivity contribution < 1.29 is 9.32 Å². The first kappa shape index (κ1) is 14.1. The lowest BCUT2D eigenvalue weighted by atomic mass is 10.1. The van der Waals surface area contributed by atoms with Gasteiger partial charge in [-0.3, -0.25) is 9.69 Å². The van der Waals surface area contributed by atoms with Crippen LogP contribution in [0, 0.1) is 6.92 Å². The summed E-state index contributed by atoms with van der Waals surface area (Å²) in [5.74, 6) is 1.24. The normalized spacial score (nSPS) is 18.8. The van der Waals surface area contributed by atoms with Gasteiger partial charge >= 0.3 is 0 Å². The smallest absolute Gasteiger partial charge is 0.242 e. The third-order valence-corrected chi connectivity index (χ3v) is 3.65. The molecule has 2 heterocycles. The van der Waals surface area contributed by atoms with Crippen molar-refractivity contribution in [2.45, 2.75) is 52.0 Å². The summed E-state index contributed by atoms with van der Waals surface area (Å²) in [4.78, 5) is 14.6. The summed E-state index contributed by atoms with van der Waals surface area (Å²) in [6.07, 6.45) is 5.75. The van der Waals surface area contributed by atoms with Crippen LogP contribution in [0.25, 0.3) is 0 Å². The second kappa shape index (κ2) is 6.70. The van der Waals surface area contributed by atoms with E-state index < -0.39 is 0 Å². The number of carbonyl (C=O) groups is 1. The predicted octanol–water partition coefficient (Wildman–Crippen LogP) is 2.58. The van der Waals surface area contributed by atoms with Crippen LogP contribution in [0.15, 0.2) is 10.6 Å². The van der Waals surface area contributed by atoms with Crippen LogP contribution in [0.5, 0.6) is 0 Å². The van der Waals surface area contributed by atoms with Gasteiger partial charge < -0.3 is 9.84 Å². The van der Waals surface area contributed by atoms with Gasteiger partial charge in [-0.15, -0.1) is 0 Å². The molecule has 1 atom stereocenters. The van der Waals surface area contributed by atoms with E-state index in [0.717, 1.165) is 19.5 Å². The van der Waals surface area contributed by atoms with E-state index in [0.29, 0.717) is 11.6 Å². The molecule has 0 unspecified atom stereocenters. The molecule has 0 bridgehead atoms. The molecule has 1 aromatic rings. The lowest BCUT2D eigenvalue weighted by molar-refractivity contribution is -0.121. The van der Waals surface area contributed by atoms with E-state index in [2.05, 4.69) is 22.3 Å². The maximum absolute atomic E-state index is 12.3. The van der Waals surface area contributed by atoms with Crippen LogP contribution in [0.1, 0.15) is 44.8 Å². The van der Waals surface area contributed by atoms with E-state index in [4.69, 9.17) is 4.52 Å². The lowest BCUT2D eigenvalue weighted by Crippen LogP contribution is -2.44. The number of aromatic nitrogens is 1. The number of nitrogens with zero attached hydrogens (tertiary/aromatic N) is 2. The van der Waals surface area contributed by atoms with Gasteiger partial charge in [0.1, 0.15) is 5.76 Å². The molecular weight excluding hydrogens is 242 g/mol. The average molecular weight is 265 g/mol. The fourth-order valence-corrected chi connectivity index (χ4v) is 2.65.